The third kappa shape index (κ3) is 3.20. The van der Waals surface area contributed by atoms with Gasteiger partial charge in [-0.05, 0) is 19.9 Å². The molecule has 0 unspecified atom stereocenters. The van der Waals surface area contributed by atoms with E-state index in [4.69, 9.17) is 9.47 Å². The van der Waals surface area contributed by atoms with Crippen molar-refractivity contribution >= 4 is 28.3 Å². The van der Waals surface area contributed by atoms with Gasteiger partial charge in [-0.1, -0.05) is 0 Å². The predicted molar refractivity (Wildman–Crippen MR) is 65.8 cm³/mol. The Labute approximate surface area is 104 Å². The molecule has 0 aliphatic rings. The Balaban J connectivity index is 3.05. The molecule has 1 rings (SSSR count). The van der Waals surface area contributed by atoms with Gasteiger partial charge < -0.3 is 14.8 Å². The highest BCUT2D eigenvalue weighted by atomic mass is 32.1. The van der Waals surface area contributed by atoms with Crippen LogP contribution in [0.4, 0.5) is 5.00 Å². The Morgan fingerprint density at radius 3 is 2.35 bits per heavy atom. The summed E-state index contributed by atoms with van der Waals surface area (Å²) in [5.41, 5.74) is 0.250. The second-order valence-electron chi connectivity index (χ2n) is 3.04. The Morgan fingerprint density at radius 2 is 1.82 bits per heavy atom. The molecular weight excluding hydrogens is 242 g/mol. The van der Waals surface area contributed by atoms with E-state index in [0.717, 1.165) is 5.00 Å². The second-order valence-corrected chi connectivity index (χ2v) is 4.10. The van der Waals surface area contributed by atoms with E-state index in [9.17, 15) is 9.59 Å². The van der Waals surface area contributed by atoms with Gasteiger partial charge in [-0.15, -0.1) is 11.3 Å². The van der Waals surface area contributed by atoms with Gasteiger partial charge in [-0.3, -0.25) is 0 Å². The molecule has 0 bridgehead atoms. The third-order valence-electron chi connectivity index (χ3n) is 1.93. The van der Waals surface area contributed by atoms with Crippen LogP contribution in [0.5, 0.6) is 0 Å². The molecule has 6 heteroatoms. The topological polar surface area (TPSA) is 64.6 Å². The van der Waals surface area contributed by atoms with Gasteiger partial charge in [0, 0.05) is 7.05 Å². The van der Waals surface area contributed by atoms with Gasteiger partial charge >= 0.3 is 11.9 Å². The molecule has 0 spiro atoms. The number of rotatable bonds is 5. The van der Waals surface area contributed by atoms with Gasteiger partial charge in [-0.25, -0.2) is 9.59 Å². The fraction of sp³-hybridized carbons (Fsp3) is 0.455. The van der Waals surface area contributed by atoms with Crippen molar-refractivity contribution in [3.63, 3.8) is 0 Å². The van der Waals surface area contributed by atoms with Crippen LogP contribution in [0.2, 0.25) is 0 Å². The summed E-state index contributed by atoms with van der Waals surface area (Å²) in [6.45, 7) is 3.97. The molecule has 1 aromatic heterocycles. The third-order valence-corrected chi connectivity index (χ3v) is 3.07. The number of esters is 2. The number of hydrogen-bond donors (Lipinski definition) is 1. The molecule has 0 saturated carbocycles. The second kappa shape index (κ2) is 6.24. The molecule has 0 aliphatic carbocycles. The van der Waals surface area contributed by atoms with E-state index in [-0.39, 0.29) is 23.7 Å². The lowest BCUT2D eigenvalue weighted by Gasteiger charge is -2.02. The van der Waals surface area contributed by atoms with Gasteiger partial charge in [0.05, 0.1) is 23.8 Å². The molecule has 0 amide bonds. The summed E-state index contributed by atoms with van der Waals surface area (Å²) in [5, 5.41) is 3.60. The predicted octanol–water partition coefficient (Wildman–Crippen LogP) is 2.14. The fourth-order valence-corrected chi connectivity index (χ4v) is 2.12. The molecule has 0 radical (unpaired) electrons. The van der Waals surface area contributed by atoms with Crippen LogP contribution in [0.15, 0.2) is 6.07 Å². The van der Waals surface area contributed by atoms with E-state index in [1.54, 1.807) is 27.0 Å². The van der Waals surface area contributed by atoms with E-state index in [1.807, 2.05) is 0 Å². The lowest BCUT2D eigenvalue weighted by atomic mass is 10.2. The maximum absolute atomic E-state index is 11.7. The van der Waals surface area contributed by atoms with Crippen molar-refractivity contribution in [2.75, 3.05) is 25.6 Å². The number of nitrogens with one attached hydrogen (secondary N) is 1. The van der Waals surface area contributed by atoms with Gasteiger partial charge in [0.1, 0.15) is 4.88 Å². The van der Waals surface area contributed by atoms with Crippen LogP contribution < -0.4 is 5.32 Å². The summed E-state index contributed by atoms with van der Waals surface area (Å²) in [7, 11) is 1.72. The van der Waals surface area contributed by atoms with E-state index < -0.39 is 11.9 Å². The summed E-state index contributed by atoms with van der Waals surface area (Å²) in [5.74, 6) is -1.00. The molecular formula is C11H15NO4S. The van der Waals surface area contributed by atoms with Crippen LogP contribution in [0, 0.1) is 0 Å². The summed E-state index contributed by atoms with van der Waals surface area (Å²) in [6.07, 6.45) is 0. The first kappa shape index (κ1) is 13.5. The van der Waals surface area contributed by atoms with Crippen LogP contribution in [-0.4, -0.2) is 32.2 Å². The van der Waals surface area contributed by atoms with Crippen LogP contribution in [0.25, 0.3) is 0 Å². The molecule has 17 heavy (non-hydrogen) atoms. The van der Waals surface area contributed by atoms with Gasteiger partial charge in [0.15, 0.2) is 0 Å². The molecule has 94 valence electrons. The van der Waals surface area contributed by atoms with E-state index >= 15 is 0 Å². The molecule has 1 heterocycles. The fourth-order valence-electron chi connectivity index (χ4n) is 1.22. The van der Waals surface area contributed by atoms with Crippen LogP contribution >= 0.6 is 11.3 Å². The van der Waals surface area contributed by atoms with Crippen molar-refractivity contribution in [2.24, 2.45) is 0 Å². The summed E-state index contributed by atoms with van der Waals surface area (Å²) in [6, 6.07) is 1.59. The quantitative estimate of drug-likeness (QED) is 0.819. The molecule has 0 atom stereocenters. The highest BCUT2D eigenvalue weighted by Crippen LogP contribution is 2.28. The zero-order chi connectivity index (χ0) is 12.8. The van der Waals surface area contributed by atoms with Crippen molar-refractivity contribution in [1.82, 2.24) is 0 Å². The SMILES string of the molecule is CCOC(=O)c1cc(NC)sc1C(=O)OCC. The summed E-state index contributed by atoms with van der Waals surface area (Å²) >= 11 is 1.18. The Bertz CT molecular complexity index is 378. The zero-order valence-electron chi connectivity index (χ0n) is 10.0. The zero-order valence-corrected chi connectivity index (χ0v) is 10.8. The highest BCUT2D eigenvalue weighted by molar-refractivity contribution is 7.18. The molecule has 0 saturated heterocycles. The Kier molecular flexibility index (Phi) is 4.96. The van der Waals surface area contributed by atoms with Crippen LogP contribution in [0.1, 0.15) is 33.9 Å². The van der Waals surface area contributed by atoms with Gasteiger partial charge in [-0.2, -0.15) is 0 Å². The number of anilines is 1. The van der Waals surface area contributed by atoms with Crippen LogP contribution in [-0.2, 0) is 9.47 Å². The first-order chi connectivity index (χ1) is 8.13. The Hall–Kier alpha value is -1.56. The lowest BCUT2D eigenvalue weighted by molar-refractivity contribution is 0.0484. The molecule has 0 aliphatic heterocycles. The number of ether oxygens (including phenoxy) is 2. The number of thiophene rings is 1. The maximum Gasteiger partial charge on any atom is 0.349 e. The maximum atomic E-state index is 11.7. The number of carbonyl (C=O) groups is 2. The Morgan fingerprint density at radius 1 is 1.24 bits per heavy atom. The molecule has 5 nitrogen and oxygen atoms in total. The van der Waals surface area contributed by atoms with Crippen molar-refractivity contribution in [3.8, 4) is 0 Å². The molecule has 1 N–H and O–H groups in total. The van der Waals surface area contributed by atoms with Gasteiger partial charge in [0.2, 0.25) is 0 Å². The minimum Gasteiger partial charge on any atom is -0.462 e. The normalized spacial score (nSPS) is 9.82. The monoisotopic (exact) mass is 257 g/mol. The molecule has 1 aromatic rings. The van der Waals surface area contributed by atoms with Gasteiger partial charge in [0.25, 0.3) is 0 Å². The number of hydrogen-bond acceptors (Lipinski definition) is 6. The highest BCUT2D eigenvalue weighted by Gasteiger charge is 2.23. The average molecular weight is 257 g/mol. The number of carbonyl (C=O) groups excluding carboxylic acids is 2. The first-order valence-electron chi connectivity index (χ1n) is 5.29. The van der Waals surface area contributed by atoms with E-state index in [0.29, 0.717) is 0 Å². The summed E-state index contributed by atoms with van der Waals surface area (Å²) < 4.78 is 9.78. The first-order valence-corrected chi connectivity index (χ1v) is 6.11. The van der Waals surface area contributed by atoms with Crippen molar-refractivity contribution in [3.05, 3.63) is 16.5 Å². The molecule has 0 fully saturated rings. The van der Waals surface area contributed by atoms with Crippen molar-refractivity contribution in [2.45, 2.75) is 13.8 Å². The smallest absolute Gasteiger partial charge is 0.349 e. The van der Waals surface area contributed by atoms with E-state index in [2.05, 4.69) is 5.32 Å². The van der Waals surface area contributed by atoms with E-state index in [1.165, 1.54) is 11.3 Å². The largest absolute Gasteiger partial charge is 0.462 e. The minimum atomic E-state index is -0.506. The lowest BCUT2D eigenvalue weighted by Crippen LogP contribution is -2.11. The molecule has 0 aromatic carbocycles. The minimum absolute atomic E-state index is 0.250. The standard InChI is InChI=1S/C11H15NO4S/c1-4-15-10(13)7-6-8(12-3)17-9(7)11(14)16-5-2/h6,12H,4-5H2,1-3H3. The van der Waals surface area contributed by atoms with Crippen LogP contribution in [0.3, 0.4) is 0 Å². The van der Waals surface area contributed by atoms with Crippen molar-refractivity contribution < 1.29 is 19.1 Å². The average Bonchev–Trinajstić information content (AvgIpc) is 2.73. The summed E-state index contributed by atoms with van der Waals surface area (Å²) in [4.78, 5) is 23.6. The van der Waals surface area contributed by atoms with Crippen molar-refractivity contribution in [1.29, 1.82) is 0 Å².